The van der Waals surface area contributed by atoms with Crippen LogP contribution in [-0.4, -0.2) is 25.9 Å². The lowest BCUT2D eigenvalue weighted by atomic mass is 10.1. The van der Waals surface area contributed by atoms with E-state index in [9.17, 15) is 0 Å². The largest absolute Gasteiger partial charge is 0.494 e. The first-order valence-corrected chi connectivity index (χ1v) is 7.27. The molecule has 3 heteroatoms. The zero-order valence-corrected chi connectivity index (χ0v) is 12.0. The Hall–Kier alpha value is -1.06. The van der Waals surface area contributed by atoms with E-state index in [1.165, 1.54) is 5.56 Å². The fourth-order valence-electron chi connectivity index (χ4n) is 2.07. The third-order valence-corrected chi connectivity index (χ3v) is 3.41. The number of hydrogen-bond donors (Lipinski definition) is 1. The third kappa shape index (κ3) is 5.21. The Morgan fingerprint density at radius 3 is 2.74 bits per heavy atom. The smallest absolute Gasteiger partial charge is 0.119 e. The lowest BCUT2D eigenvalue weighted by molar-refractivity contribution is 0.190. The summed E-state index contributed by atoms with van der Waals surface area (Å²) in [5.74, 6) is 1.66. The summed E-state index contributed by atoms with van der Waals surface area (Å²) in [6.45, 7) is 7.86. The second-order valence-electron chi connectivity index (χ2n) is 5.62. The molecular formula is C16H25NO2. The molecule has 0 aromatic heterocycles. The van der Waals surface area contributed by atoms with Crippen LogP contribution in [0.15, 0.2) is 24.3 Å². The summed E-state index contributed by atoms with van der Waals surface area (Å²) in [6.07, 6.45) is 2.22. The highest BCUT2D eigenvalue weighted by molar-refractivity contribution is 5.27. The molecule has 1 aliphatic heterocycles. The van der Waals surface area contributed by atoms with Crippen LogP contribution in [0.4, 0.5) is 0 Å². The molecule has 3 nitrogen and oxygen atoms in total. The predicted molar refractivity (Wildman–Crippen MR) is 77.5 cm³/mol. The van der Waals surface area contributed by atoms with Crippen LogP contribution in [0.25, 0.3) is 0 Å². The highest BCUT2D eigenvalue weighted by atomic mass is 16.5. The molecule has 1 atom stereocenters. The molecule has 19 heavy (non-hydrogen) atoms. The first-order valence-electron chi connectivity index (χ1n) is 7.27. The fraction of sp³-hybridized carbons (Fsp3) is 0.625. The number of hydrogen-bond acceptors (Lipinski definition) is 3. The Labute approximate surface area is 116 Å². The van der Waals surface area contributed by atoms with Gasteiger partial charge in [0, 0.05) is 19.2 Å². The van der Waals surface area contributed by atoms with Gasteiger partial charge < -0.3 is 14.8 Å². The van der Waals surface area contributed by atoms with Gasteiger partial charge in [0.2, 0.25) is 0 Å². The molecule has 1 unspecified atom stereocenters. The summed E-state index contributed by atoms with van der Waals surface area (Å²) < 4.78 is 11.1. The molecule has 1 heterocycles. The van der Waals surface area contributed by atoms with Gasteiger partial charge in [0.1, 0.15) is 5.75 Å². The van der Waals surface area contributed by atoms with E-state index in [1.54, 1.807) is 0 Å². The Kier molecular flexibility index (Phi) is 5.67. The third-order valence-electron chi connectivity index (χ3n) is 3.41. The molecule has 0 saturated carbocycles. The molecule has 0 bridgehead atoms. The van der Waals surface area contributed by atoms with E-state index in [0.29, 0.717) is 12.0 Å². The predicted octanol–water partition coefficient (Wildman–Crippen LogP) is 2.99. The maximum atomic E-state index is 5.71. The summed E-state index contributed by atoms with van der Waals surface area (Å²) in [6, 6.07) is 8.90. The molecule has 106 valence electrons. The van der Waals surface area contributed by atoms with Crippen molar-refractivity contribution < 1.29 is 9.47 Å². The van der Waals surface area contributed by atoms with Gasteiger partial charge in [0.05, 0.1) is 13.2 Å². The standard InChI is InChI=1S/C16H25NO2/c1-13(2)7-10-19-16-5-3-14(4-6-16)11-17-15-8-9-18-12-15/h3-6,13,15,17H,7-12H2,1-2H3. The molecule has 1 N–H and O–H groups in total. The van der Waals surface area contributed by atoms with Crippen molar-refractivity contribution in [3.8, 4) is 5.75 Å². The van der Waals surface area contributed by atoms with Crippen molar-refractivity contribution in [1.82, 2.24) is 5.32 Å². The summed E-state index contributed by atoms with van der Waals surface area (Å²) in [5, 5.41) is 3.51. The zero-order valence-electron chi connectivity index (χ0n) is 12.0. The first kappa shape index (κ1) is 14.4. The van der Waals surface area contributed by atoms with Crippen molar-refractivity contribution in [2.75, 3.05) is 19.8 Å². The molecule has 0 radical (unpaired) electrons. The Bertz CT molecular complexity index is 356. The maximum absolute atomic E-state index is 5.71. The number of nitrogens with one attached hydrogen (secondary N) is 1. The van der Waals surface area contributed by atoms with Crippen molar-refractivity contribution in [2.24, 2.45) is 5.92 Å². The summed E-state index contributed by atoms with van der Waals surface area (Å²) in [7, 11) is 0. The van der Waals surface area contributed by atoms with E-state index in [0.717, 1.165) is 45.0 Å². The van der Waals surface area contributed by atoms with Gasteiger partial charge in [0.25, 0.3) is 0 Å². The SMILES string of the molecule is CC(C)CCOc1ccc(CNC2CCOC2)cc1. The maximum Gasteiger partial charge on any atom is 0.119 e. The van der Waals surface area contributed by atoms with Gasteiger partial charge in [-0.2, -0.15) is 0 Å². The molecule has 0 amide bonds. The average molecular weight is 263 g/mol. The van der Waals surface area contributed by atoms with Crippen LogP contribution in [0.1, 0.15) is 32.3 Å². The van der Waals surface area contributed by atoms with Crippen LogP contribution in [0.5, 0.6) is 5.75 Å². The first-order chi connectivity index (χ1) is 9.24. The normalized spacial score (nSPS) is 19.0. The molecule has 1 fully saturated rings. The fourth-order valence-corrected chi connectivity index (χ4v) is 2.07. The molecule has 0 spiro atoms. The molecule has 1 aromatic carbocycles. The van der Waals surface area contributed by atoms with Crippen molar-refractivity contribution in [3.63, 3.8) is 0 Å². The minimum atomic E-state index is 0.516. The Morgan fingerprint density at radius 2 is 2.11 bits per heavy atom. The van der Waals surface area contributed by atoms with Gasteiger partial charge in [-0.05, 0) is 36.5 Å². The van der Waals surface area contributed by atoms with Crippen LogP contribution in [-0.2, 0) is 11.3 Å². The molecule has 1 saturated heterocycles. The lowest BCUT2D eigenvalue weighted by Gasteiger charge is -2.11. The van der Waals surface area contributed by atoms with Crippen LogP contribution >= 0.6 is 0 Å². The quantitative estimate of drug-likeness (QED) is 0.820. The molecule has 1 aliphatic rings. The van der Waals surface area contributed by atoms with Crippen molar-refractivity contribution in [3.05, 3.63) is 29.8 Å². The summed E-state index contributed by atoms with van der Waals surface area (Å²) in [4.78, 5) is 0. The van der Waals surface area contributed by atoms with Crippen molar-refractivity contribution in [2.45, 2.75) is 39.3 Å². The second kappa shape index (κ2) is 7.51. The van der Waals surface area contributed by atoms with Crippen LogP contribution < -0.4 is 10.1 Å². The van der Waals surface area contributed by atoms with Gasteiger partial charge in [-0.3, -0.25) is 0 Å². The topological polar surface area (TPSA) is 30.5 Å². The van der Waals surface area contributed by atoms with Gasteiger partial charge in [-0.1, -0.05) is 26.0 Å². The van der Waals surface area contributed by atoms with E-state index in [1.807, 2.05) is 0 Å². The number of benzene rings is 1. The molecule has 0 aliphatic carbocycles. The Morgan fingerprint density at radius 1 is 1.32 bits per heavy atom. The van der Waals surface area contributed by atoms with Crippen LogP contribution in [0.2, 0.25) is 0 Å². The van der Waals surface area contributed by atoms with E-state index in [4.69, 9.17) is 9.47 Å². The molecule has 2 rings (SSSR count). The summed E-state index contributed by atoms with van der Waals surface area (Å²) in [5.41, 5.74) is 1.29. The minimum Gasteiger partial charge on any atom is -0.494 e. The van der Waals surface area contributed by atoms with Crippen LogP contribution in [0, 0.1) is 5.92 Å². The number of rotatable bonds is 7. The highest BCUT2D eigenvalue weighted by Crippen LogP contribution is 2.14. The zero-order chi connectivity index (χ0) is 13.5. The Balaban J connectivity index is 1.71. The van der Waals surface area contributed by atoms with Crippen molar-refractivity contribution >= 4 is 0 Å². The van der Waals surface area contributed by atoms with Gasteiger partial charge in [-0.15, -0.1) is 0 Å². The second-order valence-corrected chi connectivity index (χ2v) is 5.62. The average Bonchev–Trinajstić information content (AvgIpc) is 2.90. The lowest BCUT2D eigenvalue weighted by Crippen LogP contribution is -2.28. The van der Waals surface area contributed by atoms with Crippen molar-refractivity contribution in [1.29, 1.82) is 0 Å². The number of ether oxygens (including phenoxy) is 2. The summed E-state index contributed by atoms with van der Waals surface area (Å²) >= 11 is 0. The van der Waals surface area contributed by atoms with E-state index in [-0.39, 0.29) is 0 Å². The van der Waals surface area contributed by atoms with E-state index in [2.05, 4.69) is 43.4 Å². The van der Waals surface area contributed by atoms with Gasteiger partial charge in [0.15, 0.2) is 0 Å². The monoisotopic (exact) mass is 263 g/mol. The highest BCUT2D eigenvalue weighted by Gasteiger charge is 2.14. The van der Waals surface area contributed by atoms with Gasteiger partial charge >= 0.3 is 0 Å². The molecule has 1 aromatic rings. The van der Waals surface area contributed by atoms with E-state index < -0.39 is 0 Å². The van der Waals surface area contributed by atoms with Gasteiger partial charge in [-0.25, -0.2) is 0 Å². The minimum absolute atomic E-state index is 0.516. The van der Waals surface area contributed by atoms with E-state index >= 15 is 0 Å². The molecular weight excluding hydrogens is 238 g/mol. The van der Waals surface area contributed by atoms with Crippen LogP contribution in [0.3, 0.4) is 0 Å².